The van der Waals surface area contributed by atoms with Crippen LogP contribution in [0.3, 0.4) is 0 Å². The Morgan fingerprint density at radius 2 is 2.00 bits per heavy atom. The zero-order valence-electron chi connectivity index (χ0n) is 13.8. The molecular weight excluding hydrogens is 352 g/mol. The van der Waals surface area contributed by atoms with Crippen LogP contribution >= 0.6 is 11.3 Å². The van der Waals surface area contributed by atoms with Gasteiger partial charge >= 0.3 is 5.63 Å². The van der Waals surface area contributed by atoms with E-state index >= 15 is 0 Å². The van der Waals surface area contributed by atoms with Crippen molar-refractivity contribution in [3.8, 4) is 5.75 Å². The highest BCUT2D eigenvalue weighted by atomic mass is 32.1. The lowest BCUT2D eigenvalue weighted by molar-refractivity contribution is -0.118. The van der Waals surface area contributed by atoms with Gasteiger partial charge in [0, 0.05) is 22.5 Å². The number of carbonyl (C=O) groups excluding carboxylic acids is 1. The molecular formula is C19H14N2O4S. The third-order valence-corrected chi connectivity index (χ3v) is 4.71. The first-order chi connectivity index (χ1) is 12.6. The molecule has 0 radical (unpaired) electrons. The molecule has 0 bridgehead atoms. The Kier molecular flexibility index (Phi) is 4.14. The van der Waals surface area contributed by atoms with Gasteiger partial charge in [0.15, 0.2) is 11.7 Å². The number of amides is 1. The van der Waals surface area contributed by atoms with Gasteiger partial charge < -0.3 is 9.15 Å². The molecule has 0 unspecified atom stereocenters. The highest BCUT2D eigenvalue weighted by Crippen LogP contribution is 2.30. The highest BCUT2D eigenvalue weighted by molar-refractivity contribution is 7.13. The molecule has 130 valence electrons. The van der Waals surface area contributed by atoms with E-state index in [4.69, 9.17) is 9.15 Å². The van der Waals surface area contributed by atoms with Gasteiger partial charge in [-0.05, 0) is 30.5 Å². The number of fused-ring (bicyclic) bond motifs is 3. The van der Waals surface area contributed by atoms with Crippen molar-refractivity contribution >= 4 is 44.1 Å². The Morgan fingerprint density at radius 1 is 1.19 bits per heavy atom. The van der Waals surface area contributed by atoms with Crippen molar-refractivity contribution in [2.75, 3.05) is 11.9 Å². The summed E-state index contributed by atoms with van der Waals surface area (Å²) < 4.78 is 11.1. The number of carbonyl (C=O) groups is 1. The number of ether oxygens (including phenoxy) is 1. The molecule has 0 aliphatic rings. The average Bonchev–Trinajstić information content (AvgIpc) is 3.15. The molecule has 7 heteroatoms. The summed E-state index contributed by atoms with van der Waals surface area (Å²) in [7, 11) is 0. The number of aromatic nitrogens is 1. The minimum absolute atomic E-state index is 0.163. The summed E-state index contributed by atoms with van der Waals surface area (Å²) in [6.07, 6.45) is 1.61. The number of thiazole rings is 1. The van der Waals surface area contributed by atoms with E-state index in [9.17, 15) is 9.59 Å². The average molecular weight is 366 g/mol. The van der Waals surface area contributed by atoms with Crippen molar-refractivity contribution in [2.24, 2.45) is 0 Å². The van der Waals surface area contributed by atoms with Crippen LogP contribution in [0, 0.1) is 6.92 Å². The maximum Gasteiger partial charge on any atom is 0.344 e. The standard InChI is InChI=1S/C19H14N2O4S/c1-11-15(24-10-16(22)21-19-20-8-9-26-19)7-6-13-12-4-2-3-5-14(12)18(23)25-17(11)13/h2-9H,10H2,1H3,(H,20,21,22). The summed E-state index contributed by atoms with van der Waals surface area (Å²) in [5.41, 5.74) is 0.744. The molecule has 0 aliphatic carbocycles. The summed E-state index contributed by atoms with van der Waals surface area (Å²) in [4.78, 5) is 28.2. The molecule has 0 aliphatic heterocycles. The number of benzene rings is 2. The van der Waals surface area contributed by atoms with Crippen molar-refractivity contribution in [3.63, 3.8) is 0 Å². The predicted molar refractivity (Wildman–Crippen MR) is 101 cm³/mol. The zero-order valence-corrected chi connectivity index (χ0v) is 14.6. The van der Waals surface area contributed by atoms with Crippen LogP contribution in [-0.2, 0) is 4.79 Å². The van der Waals surface area contributed by atoms with Gasteiger partial charge in [0.25, 0.3) is 5.91 Å². The van der Waals surface area contributed by atoms with Crippen molar-refractivity contribution in [1.82, 2.24) is 4.98 Å². The summed E-state index contributed by atoms with van der Waals surface area (Å²) in [6, 6.07) is 10.9. The molecule has 2 aromatic heterocycles. The van der Waals surface area contributed by atoms with E-state index in [0.29, 0.717) is 27.4 Å². The first-order valence-electron chi connectivity index (χ1n) is 7.91. The van der Waals surface area contributed by atoms with Crippen LogP contribution in [0.1, 0.15) is 5.56 Å². The maximum atomic E-state index is 12.2. The maximum absolute atomic E-state index is 12.2. The Morgan fingerprint density at radius 3 is 2.77 bits per heavy atom. The van der Waals surface area contributed by atoms with Gasteiger partial charge in [-0.25, -0.2) is 9.78 Å². The molecule has 0 saturated heterocycles. The molecule has 6 nitrogen and oxygen atoms in total. The van der Waals surface area contributed by atoms with Crippen molar-refractivity contribution in [3.05, 3.63) is 64.0 Å². The molecule has 4 rings (SSSR count). The van der Waals surface area contributed by atoms with Crippen LogP contribution in [0.25, 0.3) is 21.7 Å². The van der Waals surface area contributed by atoms with Gasteiger partial charge in [-0.1, -0.05) is 18.2 Å². The van der Waals surface area contributed by atoms with Gasteiger partial charge in [0.05, 0.1) is 5.39 Å². The SMILES string of the molecule is Cc1c(OCC(=O)Nc2nccs2)ccc2c1oc(=O)c1ccccc12. The summed E-state index contributed by atoms with van der Waals surface area (Å²) in [5.74, 6) is 0.185. The highest BCUT2D eigenvalue weighted by Gasteiger charge is 2.13. The molecule has 0 spiro atoms. The third kappa shape index (κ3) is 2.93. The normalized spacial score (nSPS) is 11.0. The van der Waals surface area contributed by atoms with E-state index in [2.05, 4.69) is 10.3 Å². The van der Waals surface area contributed by atoms with Gasteiger partial charge in [0.2, 0.25) is 0 Å². The van der Waals surface area contributed by atoms with E-state index in [1.54, 1.807) is 36.7 Å². The Balaban J connectivity index is 1.64. The van der Waals surface area contributed by atoms with Gasteiger partial charge in [-0.3, -0.25) is 10.1 Å². The number of hydrogen-bond donors (Lipinski definition) is 1. The number of nitrogens with one attached hydrogen (secondary N) is 1. The number of hydrogen-bond acceptors (Lipinski definition) is 6. The Hall–Kier alpha value is -3.19. The Bertz CT molecular complexity index is 1170. The molecule has 0 fully saturated rings. The van der Waals surface area contributed by atoms with E-state index in [-0.39, 0.29) is 12.5 Å². The lowest BCUT2D eigenvalue weighted by Gasteiger charge is -2.11. The van der Waals surface area contributed by atoms with Crippen molar-refractivity contribution in [1.29, 1.82) is 0 Å². The number of aryl methyl sites for hydroxylation is 1. The van der Waals surface area contributed by atoms with Crippen molar-refractivity contribution in [2.45, 2.75) is 6.92 Å². The third-order valence-electron chi connectivity index (χ3n) is 4.03. The summed E-state index contributed by atoms with van der Waals surface area (Å²) in [6.45, 7) is 1.64. The van der Waals surface area contributed by atoms with E-state index in [1.165, 1.54) is 11.3 Å². The van der Waals surface area contributed by atoms with Gasteiger partial charge in [-0.2, -0.15) is 0 Å². The summed E-state index contributed by atoms with van der Waals surface area (Å²) in [5, 5.41) is 7.14. The number of nitrogens with zero attached hydrogens (tertiary/aromatic N) is 1. The zero-order chi connectivity index (χ0) is 18.1. The second-order valence-electron chi connectivity index (χ2n) is 5.67. The van der Waals surface area contributed by atoms with E-state index < -0.39 is 5.63 Å². The molecule has 1 amide bonds. The first-order valence-corrected chi connectivity index (χ1v) is 8.79. The smallest absolute Gasteiger partial charge is 0.344 e. The lowest BCUT2D eigenvalue weighted by atomic mass is 10.0. The fraction of sp³-hybridized carbons (Fsp3) is 0.105. The molecule has 2 heterocycles. The first kappa shape index (κ1) is 16.3. The van der Waals surface area contributed by atoms with Crippen LogP contribution in [0.15, 0.2) is 57.2 Å². The lowest BCUT2D eigenvalue weighted by Crippen LogP contribution is -2.20. The minimum Gasteiger partial charge on any atom is -0.483 e. The van der Waals surface area contributed by atoms with E-state index in [1.807, 2.05) is 18.2 Å². The van der Waals surface area contributed by atoms with Crippen LogP contribution in [0.2, 0.25) is 0 Å². The summed E-state index contributed by atoms with van der Waals surface area (Å²) >= 11 is 1.33. The molecule has 0 atom stereocenters. The van der Waals surface area contributed by atoms with Crippen LogP contribution < -0.4 is 15.7 Å². The van der Waals surface area contributed by atoms with E-state index in [0.717, 1.165) is 10.8 Å². The number of rotatable bonds is 4. The Labute approximate surface area is 152 Å². The molecule has 26 heavy (non-hydrogen) atoms. The van der Waals surface area contributed by atoms with Crippen LogP contribution in [-0.4, -0.2) is 17.5 Å². The minimum atomic E-state index is -0.394. The second kappa shape index (κ2) is 6.61. The fourth-order valence-corrected chi connectivity index (χ4v) is 3.35. The largest absolute Gasteiger partial charge is 0.483 e. The quantitative estimate of drug-likeness (QED) is 0.440. The fourth-order valence-electron chi connectivity index (χ4n) is 2.80. The van der Waals surface area contributed by atoms with Gasteiger partial charge in [-0.15, -0.1) is 11.3 Å². The molecule has 2 aromatic carbocycles. The molecule has 0 saturated carbocycles. The molecule has 4 aromatic rings. The number of anilines is 1. The molecule has 1 N–H and O–H groups in total. The monoisotopic (exact) mass is 366 g/mol. The van der Waals surface area contributed by atoms with Crippen molar-refractivity contribution < 1.29 is 13.9 Å². The van der Waals surface area contributed by atoms with Crippen LogP contribution in [0.4, 0.5) is 5.13 Å². The topological polar surface area (TPSA) is 81.4 Å². The second-order valence-corrected chi connectivity index (χ2v) is 6.57. The van der Waals surface area contributed by atoms with Crippen LogP contribution in [0.5, 0.6) is 5.75 Å². The predicted octanol–water partition coefficient (Wildman–Crippen LogP) is 3.73. The van der Waals surface area contributed by atoms with Gasteiger partial charge in [0.1, 0.15) is 11.3 Å².